The Bertz CT molecular complexity index is 1980. The number of pyridine rings is 2. The van der Waals surface area contributed by atoms with E-state index in [1.54, 1.807) is 42.8 Å². The highest BCUT2D eigenvalue weighted by atomic mass is 35.5. The van der Waals surface area contributed by atoms with E-state index in [9.17, 15) is 20.0 Å². The van der Waals surface area contributed by atoms with Crippen molar-refractivity contribution >= 4 is 50.0 Å². The maximum atomic E-state index is 13.7. The molecular formula is C31H26ClN5O5S. The smallest absolute Gasteiger partial charge is 0.338 e. The van der Waals surface area contributed by atoms with Crippen LogP contribution in [0.3, 0.4) is 0 Å². The lowest BCUT2D eigenvalue weighted by atomic mass is 9.98. The maximum absolute atomic E-state index is 13.7. The number of nitriles is 1. The zero-order chi connectivity index (χ0) is 30.1. The number of fused-ring (bicyclic) bond motifs is 2. The second kappa shape index (κ2) is 12.0. The Hall–Kier alpha value is -4.53. The molecule has 218 valence electrons. The van der Waals surface area contributed by atoms with Gasteiger partial charge < -0.3 is 14.6 Å². The highest BCUT2D eigenvalue weighted by molar-refractivity contribution is 7.18. The number of aromatic carboxylic acids is 1. The first-order chi connectivity index (χ1) is 20.9. The molecule has 4 heterocycles. The number of ether oxygens (including phenoxy) is 2. The van der Waals surface area contributed by atoms with Gasteiger partial charge in [0.25, 0.3) is 5.56 Å². The third-order valence-electron chi connectivity index (χ3n) is 7.59. The third-order valence-corrected chi connectivity index (χ3v) is 8.82. The maximum Gasteiger partial charge on any atom is 0.338 e. The lowest BCUT2D eigenvalue weighted by Gasteiger charge is -2.23. The fourth-order valence-corrected chi connectivity index (χ4v) is 6.68. The van der Waals surface area contributed by atoms with E-state index in [4.69, 9.17) is 21.1 Å². The van der Waals surface area contributed by atoms with Crippen LogP contribution in [0.5, 0.6) is 11.6 Å². The summed E-state index contributed by atoms with van der Waals surface area (Å²) in [6.07, 6.45) is 8.08. The van der Waals surface area contributed by atoms with Crippen LogP contribution < -0.4 is 15.0 Å². The van der Waals surface area contributed by atoms with E-state index in [1.807, 2.05) is 0 Å². The summed E-state index contributed by atoms with van der Waals surface area (Å²) in [5.74, 6) is 0.0826. The van der Waals surface area contributed by atoms with Crippen LogP contribution in [0.4, 0.5) is 0 Å². The van der Waals surface area contributed by atoms with Gasteiger partial charge in [0.1, 0.15) is 35.9 Å². The van der Waals surface area contributed by atoms with Crippen molar-refractivity contribution in [2.75, 3.05) is 6.61 Å². The summed E-state index contributed by atoms with van der Waals surface area (Å²) in [6.45, 7) is 1.99. The largest absolute Gasteiger partial charge is 0.491 e. The predicted octanol–water partition coefficient (Wildman–Crippen LogP) is 6.39. The molecule has 1 aliphatic rings. The summed E-state index contributed by atoms with van der Waals surface area (Å²) >= 11 is 7.63. The van der Waals surface area contributed by atoms with Crippen molar-refractivity contribution < 1.29 is 19.4 Å². The summed E-state index contributed by atoms with van der Waals surface area (Å²) in [7, 11) is 0. The van der Waals surface area contributed by atoms with Crippen LogP contribution >= 0.6 is 22.9 Å². The van der Waals surface area contributed by atoms with Gasteiger partial charge in [-0.15, -0.1) is 11.3 Å². The first-order valence-electron chi connectivity index (χ1n) is 13.8. The van der Waals surface area contributed by atoms with E-state index in [0.717, 1.165) is 37.7 Å². The lowest BCUT2D eigenvalue weighted by molar-refractivity contribution is 0.0699. The Labute approximate surface area is 255 Å². The third kappa shape index (κ3) is 5.51. The Morgan fingerprint density at radius 1 is 1.21 bits per heavy atom. The molecule has 0 bridgehead atoms. The van der Waals surface area contributed by atoms with Gasteiger partial charge in [0, 0.05) is 27.7 Å². The van der Waals surface area contributed by atoms with Gasteiger partial charge in [-0.2, -0.15) is 5.26 Å². The van der Waals surface area contributed by atoms with Crippen LogP contribution in [-0.4, -0.2) is 43.3 Å². The molecule has 1 aliphatic carbocycles. The molecule has 43 heavy (non-hydrogen) atoms. The minimum absolute atomic E-state index is 0.0278. The molecule has 1 saturated carbocycles. The number of benzene rings is 1. The number of carboxylic acids is 1. The van der Waals surface area contributed by atoms with Gasteiger partial charge in [-0.05, 0) is 56.9 Å². The molecule has 12 heteroatoms. The van der Waals surface area contributed by atoms with Gasteiger partial charge in [0.15, 0.2) is 0 Å². The van der Waals surface area contributed by atoms with Crippen LogP contribution in [0.1, 0.15) is 53.8 Å². The van der Waals surface area contributed by atoms with Crippen molar-refractivity contribution in [3.05, 3.63) is 74.4 Å². The van der Waals surface area contributed by atoms with Crippen molar-refractivity contribution in [3.8, 4) is 28.8 Å². The van der Waals surface area contributed by atoms with E-state index in [1.165, 1.54) is 22.1 Å². The number of nitrogens with zero attached hydrogens (tertiary/aromatic N) is 5. The molecule has 0 aliphatic heterocycles. The number of hydrogen-bond acceptors (Lipinski definition) is 9. The standard InChI is InChI=1S/C31H26ClN5O5S/c1-17-36-24-15-35-29(42-19-5-3-2-4-6-19)22(14-33)26(24)30(38)37(17)11-12-41-25-8-7-18(32)13-21(25)20-9-10-34-27-23(31(39)40)16-43-28(20)27/h7-10,13,15-16,19H,2-6,11-12H2,1H3,(H,39,40). The Balaban J connectivity index is 1.30. The van der Waals surface area contributed by atoms with Crippen LogP contribution in [0.25, 0.3) is 32.2 Å². The van der Waals surface area contributed by atoms with E-state index in [0.29, 0.717) is 37.9 Å². The fraction of sp³-hybridized carbons (Fsp3) is 0.290. The first kappa shape index (κ1) is 28.6. The summed E-state index contributed by atoms with van der Waals surface area (Å²) in [5.41, 5.74) is 1.98. The minimum Gasteiger partial charge on any atom is -0.491 e. The summed E-state index contributed by atoms with van der Waals surface area (Å²) in [5, 5.41) is 21.8. The second-order valence-electron chi connectivity index (χ2n) is 10.3. The van der Waals surface area contributed by atoms with E-state index >= 15 is 0 Å². The normalized spacial score (nSPS) is 13.7. The van der Waals surface area contributed by atoms with Gasteiger partial charge in [0.2, 0.25) is 5.88 Å². The minimum atomic E-state index is -1.05. The SMILES string of the molecule is Cc1nc2cnc(OC3CCCCC3)c(C#N)c2c(=O)n1CCOc1ccc(Cl)cc1-c1ccnc2c(C(=O)O)csc12. The van der Waals surface area contributed by atoms with Crippen molar-refractivity contribution in [2.45, 2.75) is 51.7 Å². The molecule has 1 aromatic carbocycles. The van der Waals surface area contributed by atoms with E-state index in [-0.39, 0.29) is 47.2 Å². The average molecular weight is 616 g/mol. The topological polar surface area (TPSA) is 140 Å². The summed E-state index contributed by atoms with van der Waals surface area (Å²) in [6, 6.07) is 9.10. The van der Waals surface area contributed by atoms with Crippen LogP contribution in [-0.2, 0) is 6.54 Å². The van der Waals surface area contributed by atoms with Gasteiger partial charge >= 0.3 is 5.97 Å². The van der Waals surface area contributed by atoms with Crippen molar-refractivity contribution in [1.29, 1.82) is 5.26 Å². The van der Waals surface area contributed by atoms with E-state index in [2.05, 4.69) is 21.0 Å². The number of hydrogen-bond donors (Lipinski definition) is 1. The van der Waals surface area contributed by atoms with Gasteiger partial charge in [-0.3, -0.25) is 14.3 Å². The van der Waals surface area contributed by atoms with Crippen molar-refractivity contribution in [2.24, 2.45) is 0 Å². The Morgan fingerprint density at radius 2 is 2.02 bits per heavy atom. The van der Waals surface area contributed by atoms with Crippen molar-refractivity contribution in [3.63, 3.8) is 0 Å². The number of carboxylic acid groups (broad SMARTS) is 1. The molecule has 0 spiro atoms. The number of aryl methyl sites for hydroxylation is 1. The van der Waals surface area contributed by atoms with Crippen molar-refractivity contribution in [1.82, 2.24) is 19.5 Å². The quantitative estimate of drug-likeness (QED) is 0.210. The highest BCUT2D eigenvalue weighted by Gasteiger charge is 2.22. The van der Waals surface area contributed by atoms with Gasteiger partial charge in [-0.1, -0.05) is 18.0 Å². The van der Waals surface area contributed by atoms with Gasteiger partial charge in [-0.25, -0.2) is 14.8 Å². The number of rotatable bonds is 8. The molecule has 0 radical (unpaired) electrons. The molecule has 0 unspecified atom stereocenters. The fourth-order valence-electron chi connectivity index (χ4n) is 5.48. The molecule has 10 nitrogen and oxygen atoms in total. The molecule has 0 saturated heterocycles. The molecule has 0 amide bonds. The Morgan fingerprint density at radius 3 is 2.79 bits per heavy atom. The predicted molar refractivity (Wildman–Crippen MR) is 163 cm³/mol. The highest BCUT2D eigenvalue weighted by Crippen LogP contribution is 2.39. The number of aromatic nitrogens is 4. The molecule has 1 N–H and O–H groups in total. The summed E-state index contributed by atoms with van der Waals surface area (Å²) in [4.78, 5) is 38.5. The van der Waals surface area contributed by atoms with E-state index < -0.39 is 5.97 Å². The second-order valence-corrected chi connectivity index (χ2v) is 11.6. The zero-order valence-electron chi connectivity index (χ0n) is 23.2. The Kier molecular flexibility index (Phi) is 7.97. The van der Waals surface area contributed by atoms with Gasteiger partial charge in [0.05, 0.1) is 39.4 Å². The first-order valence-corrected chi connectivity index (χ1v) is 15.1. The molecular weight excluding hydrogens is 590 g/mol. The molecule has 6 rings (SSSR count). The summed E-state index contributed by atoms with van der Waals surface area (Å²) < 4.78 is 14.4. The number of carbonyl (C=O) groups is 1. The lowest BCUT2D eigenvalue weighted by Crippen LogP contribution is -2.28. The van der Waals surface area contributed by atoms with Crippen LogP contribution in [0, 0.1) is 18.3 Å². The monoisotopic (exact) mass is 615 g/mol. The molecule has 4 aromatic heterocycles. The average Bonchev–Trinajstić information content (AvgIpc) is 3.45. The van der Waals surface area contributed by atoms with Crippen LogP contribution in [0.2, 0.25) is 5.02 Å². The zero-order valence-corrected chi connectivity index (χ0v) is 24.7. The molecule has 1 fully saturated rings. The van der Waals surface area contributed by atoms with Crippen LogP contribution in [0.15, 0.2) is 46.8 Å². The molecule has 0 atom stereocenters. The number of halogens is 1. The number of thiophene rings is 1. The molecule has 5 aromatic rings.